The summed E-state index contributed by atoms with van der Waals surface area (Å²) in [5, 5.41) is 0. The predicted molar refractivity (Wildman–Crippen MR) is 57.0 cm³/mol. The zero-order chi connectivity index (χ0) is 11.6. The van der Waals surface area contributed by atoms with Gasteiger partial charge >= 0.3 is 5.97 Å². The molecule has 0 aromatic heterocycles. The summed E-state index contributed by atoms with van der Waals surface area (Å²) in [5.74, 6) is -0.253. The number of ether oxygens (including phenoxy) is 4. The Kier molecular flexibility index (Phi) is 7.12. The van der Waals surface area contributed by atoms with E-state index in [0.717, 1.165) is 25.9 Å². The van der Waals surface area contributed by atoms with Crippen LogP contribution in [-0.2, 0) is 23.7 Å². The van der Waals surface area contributed by atoms with Gasteiger partial charge < -0.3 is 18.9 Å². The van der Waals surface area contributed by atoms with Crippen LogP contribution in [0.25, 0.3) is 0 Å². The van der Waals surface area contributed by atoms with Crippen LogP contribution in [-0.4, -0.2) is 45.8 Å². The van der Waals surface area contributed by atoms with Crippen LogP contribution >= 0.6 is 0 Å². The third-order valence-electron chi connectivity index (χ3n) is 2.35. The van der Waals surface area contributed by atoms with Gasteiger partial charge in [0.2, 0.25) is 0 Å². The van der Waals surface area contributed by atoms with Crippen molar-refractivity contribution < 1.29 is 23.7 Å². The highest BCUT2D eigenvalue weighted by Gasteiger charge is 2.13. The van der Waals surface area contributed by atoms with Gasteiger partial charge in [-0.3, -0.25) is 4.79 Å². The van der Waals surface area contributed by atoms with E-state index in [1.54, 1.807) is 0 Å². The molecule has 1 aliphatic rings. The van der Waals surface area contributed by atoms with Gasteiger partial charge in [-0.25, -0.2) is 0 Å². The highest BCUT2D eigenvalue weighted by molar-refractivity contribution is 5.69. The molecule has 0 amide bonds. The van der Waals surface area contributed by atoms with Gasteiger partial charge in [-0.1, -0.05) is 0 Å². The van der Waals surface area contributed by atoms with Gasteiger partial charge in [0, 0.05) is 6.61 Å². The van der Waals surface area contributed by atoms with Gasteiger partial charge in [0.05, 0.1) is 33.4 Å². The first-order valence-corrected chi connectivity index (χ1v) is 5.70. The summed E-state index contributed by atoms with van der Waals surface area (Å²) >= 11 is 0. The monoisotopic (exact) mass is 232 g/mol. The summed E-state index contributed by atoms with van der Waals surface area (Å²) in [6.45, 7) is 2.15. The molecule has 1 saturated heterocycles. The average Bonchev–Trinajstić information content (AvgIpc) is 2.34. The molecule has 94 valence electrons. The highest BCUT2D eigenvalue weighted by atomic mass is 16.7. The van der Waals surface area contributed by atoms with E-state index in [-0.39, 0.29) is 18.7 Å². The number of esters is 1. The molecule has 1 aliphatic heterocycles. The second-order valence-corrected chi connectivity index (χ2v) is 3.61. The van der Waals surface area contributed by atoms with Crippen LogP contribution in [0, 0.1) is 0 Å². The standard InChI is InChI=1S/C11H20O5/c1-13-10(12)5-7-14-8-9-16-11-4-2-3-6-15-11/h11H,2-9H2,1H3. The number of hydrogen-bond acceptors (Lipinski definition) is 5. The Morgan fingerprint density at radius 1 is 1.31 bits per heavy atom. The van der Waals surface area contributed by atoms with E-state index in [1.807, 2.05) is 0 Å². The summed E-state index contributed by atoms with van der Waals surface area (Å²) in [6, 6.07) is 0. The summed E-state index contributed by atoms with van der Waals surface area (Å²) < 4.78 is 20.5. The van der Waals surface area contributed by atoms with Crippen LogP contribution < -0.4 is 0 Å². The second kappa shape index (κ2) is 8.50. The van der Waals surface area contributed by atoms with Crippen molar-refractivity contribution in [2.75, 3.05) is 33.5 Å². The van der Waals surface area contributed by atoms with Gasteiger partial charge in [0.15, 0.2) is 6.29 Å². The first kappa shape index (κ1) is 13.4. The lowest BCUT2D eigenvalue weighted by molar-refractivity contribution is -0.169. The molecule has 0 aliphatic carbocycles. The third kappa shape index (κ3) is 6.05. The lowest BCUT2D eigenvalue weighted by Gasteiger charge is -2.22. The Balaban J connectivity index is 1.85. The molecule has 0 bridgehead atoms. The Labute approximate surface area is 96.0 Å². The van der Waals surface area contributed by atoms with Crippen molar-refractivity contribution >= 4 is 5.97 Å². The normalized spacial score (nSPS) is 20.7. The highest BCUT2D eigenvalue weighted by Crippen LogP contribution is 2.13. The third-order valence-corrected chi connectivity index (χ3v) is 2.35. The molecular formula is C11H20O5. The average molecular weight is 232 g/mol. The van der Waals surface area contributed by atoms with E-state index < -0.39 is 0 Å². The number of hydrogen-bond donors (Lipinski definition) is 0. The molecule has 0 saturated carbocycles. The fourth-order valence-electron chi connectivity index (χ4n) is 1.44. The lowest BCUT2D eigenvalue weighted by atomic mass is 10.2. The molecule has 0 spiro atoms. The summed E-state index contributed by atoms with van der Waals surface area (Å²) in [7, 11) is 1.37. The van der Waals surface area contributed by atoms with Crippen LogP contribution in [0.2, 0.25) is 0 Å². The van der Waals surface area contributed by atoms with Crippen molar-refractivity contribution in [1.29, 1.82) is 0 Å². The zero-order valence-electron chi connectivity index (χ0n) is 9.78. The predicted octanol–water partition coefficient (Wildman–Crippen LogP) is 1.11. The fourth-order valence-corrected chi connectivity index (χ4v) is 1.44. The van der Waals surface area contributed by atoms with Crippen LogP contribution in [0.3, 0.4) is 0 Å². The Morgan fingerprint density at radius 3 is 2.88 bits per heavy atom. The molecule has 0 N–H and O–H groups in total. The maximum absolute atomic E-state index is 10.7. The van der Waals surface area contributed by atoms with Crippen molar-refractivity contribution in [2.45, 2.75) is 32.0 Å². The van der Waals surface area contributed by atoms with Gasteiger partial charge in [0.1, 0.15) is 0 Å². The van der Waals surface area contributed by atoms with E-state index in [4.69, 9.17) is 14.2 Å². The van der Waals surface area contributed by atoms with E-state index in [0.29, 0.717) is 19.8 Å². The quantitative estimate of drug-likeness (QED) is 0.486. The SMILES string of the molecule is COC(=O)CCOCCOC1CCCCO1. The lowest BCUT2D eigenvalue weighted by Crippen LogP contribution is -2.24. The molecule has 1 heterocycles. The molecule has 0 aromatic carbocycles. The van der Waals surface area contributed by atoms with Gasteiger partial charge in [-0.05, 0) is 19.3 Å². The van der Waals surface area contributed by atoms with Crippen molar-refractivity contribution in [3.8, 4) is 0 Å². The molecule has 16 heavy (non-hydrogen) atoms. The number of carbonyl (C=O) groups is 1. The number of rotatable bonds is 7. The zero-order valence-corrected chi connectivity index (χ0v) is 9.78. The summed E-state index contributed by atoms with van der Waals surface area (Å²) in [6.07, 6.45) is 3.46. The van der Waals surface area contributed by atoms with E-state index >= 15 is 0 Å². The summed E-state index contributed by atoms with van der Waals surface area (Å²) in [5.41, 5.74) is 0. The van der Waals surface area contributed by atoms with Gasteiger partial charge in [-0.15, -0.1) is 0 Å². The first-order valence-electron chi connectivity index (χ1n) is 5.70. The molecule has 5 heteroatoms. The minimum atomic E-state index is -0.253. The summed E-state index contributed by atoms with van der Waals surface area (Å²) in [4.78, 5) is 10.7. The Bertz CT molecular complexity index is 189. The Hall–Kier alpha value is -0.650. The first-order chi connectivity index (χ1) is 7.83. The van der Waals surface area contributed by atoms with Crippen molar-refractivity contribution in [3.05, 3.63) is 0 Å². The maximum atomic E-state index is 10.7. The van der Waals surface area contributed by atoms with Crippen molar-refractivity contribution in [1.82, 2.24) is 0 Å². The topological polar surface area (TPSA) is 54.0 Å². The molecule has 5 nitrogen and oxygen atoms in total. The molecular weight excluding hydrogens is 212 g/mol. The van der Waals surface area contributed by atoms with Crippen LogP contribution in [0.5, 0.6) is 0 Å². The smallest absolute Gasteiger partial charge is 0.307 e. The van der Waals surface area contributed by atoms with E-state index in [2.05, 4.69) is 4.74 Å². The fraction of sp³-hybridized carbons (Fsp3) is 0.909. The number of methoxy groups -OCH3 is 1. The van der Waals surface area contributed by atoms with Crippen LogP contribution in [0.4, 0.5) is 0 Å². The molecule has 0 aromatic rings. The molecule has 0 radical (unpaired) electrons. The van der Waals surface area contributed by atoms with Gasteiger partial charge in [0.25, 0.3) is 0 Å². The van der Waals surface area contributed by atoms with Gasteiger partial charge in [-0.2, -0.15) is 0 Å². The molecule has 1 unspecified atom stereocenters. The number of carbonyl (C=O) groups excluding carboxylic acids is 1. The minimum Gasteiger partial charge on any atom is -0.469 e. The van der Waals surface area contributed by atoms with Crippen molar-refractivity contribution in [3.63, 3.8) is 0 Å². The molecule has 1 atom stereocenters. The van der Waals surface area contributed by atoms with E-state index in [1.165, 1.54) is 7.11 Å². The second-order valence-electron chi connectivity index (χ2n) is 3.61. The largest absolute Gasteiger partial charge is 0.469 e. The Morgan fingerprint density at radius 2 is 2.19 bits per heavy atom. The minimum absolute atomic E-state index is 0.0713. The van der Waals surface area contributed by atoms with E-state index in [9.17, 15) is 4.79 Å². The van der Waals surface area contributed by atoms with Crippen molar-refractivity contribution in [2.24, 2.45) is 0 Å². The molecule has 1 rings (SSSR count). The maximum Gasteiger partial charge on any atom is 0.307 e. The van der Waals surface area contributed by atoms with Crippen LogP contribution in [0.15, 0.2) is 0 Å². The molecule has 1 fully saturated rings. The van der Waals surface area contributed by atoms with Crippen LogP contribution in [0.1, 0.15) is 25.7 Å².